The topological polar surface area (TPSA) is 85.1 Å². The summed E-state index contributed by atoms with van der Waals surface area (Å²) in [4.78, 5) is 31.9. The maximum Gasteiger partial charge on any atom is 0.254 e. The van der Waals surface area contributed by atoms with Gasteiger partial charge in [0, 0.05) is 57.2 Å². The highest BCUT2D eigenvalue weighted by atomic mass is 16.2. The van der Waals surface area contributed by atoms with E-state index in [1.54, 1.807) is 10.9 Å². The molecule has 1 unspecified atom stereocenters. The number of amides is 2. The van der Waals surface area contributed by atoms with Gasteiger partial charge in [-0.25, -0.2) is 4.98 Å². The van der Waals surface area contributed by atoms with E-state index < -0.39 is 0 Å². The number of hydrogen-bond acceptors (Lipinski definition) is 4. The van der Waals surface area contributed by atoms with Gasteiger partial charge in [0.05, 0.1) is 11.3 Å². The summed E-state index contributed by atoms with van der Waals surface area (Å²) in [6.07, 6.45) is 13.3. The normalized spacial score (nSPS) is 18.8. The molecule has 1 N–H and O–H groups in total. The fourth-order valence-corrected chi connectivity index (χ4v) is 5.20. The summed E-state index contributed by atoms with van der Waals surface area (Å²) in [5.41, 5.74) is 1.60. The molecule has 1 aliphatic carbocycles. The highest BCUT2D eigenvalue weighted by Crippen LogP contribution is 2.25. The number of nitrogens with one attached hydrogen (secondary N) is 1. The predicted molar refractivity (Wildman–Crippen MR) is 122 cm³/mol. The number of aromatic nitrogens is 4. The molecule has 32 heavy (non-hydrogen) atoms. The fourth-order valence-electron chi connectivity index (χ4n) is 5.20. The Morgan fingerprint density at radius 1 is 1.19 bits per heavy atom. The average Bonchev–Trinajstić information content (AvgIpc) is 3.50. The van der Waals surface area contributed by atoms with Crippen LogP contribution in [0, 0.1) is 12.8 Å². The number of hydrogen-bond donors (Lipinski definition) is 1. The van der Waals surface area contributed by atoms with Gasteiger partial charge in [-0.05, 0) is 51.9 Å². The van der Waals surface area contributed by atoms with Gasteiger partial charge in [-0.1, -0.05) is 12.8 Å². The zero-order valence-electron chi connectivity index (χ0n) is 19.6. The van der Waals surface area contributed by atoms with E-state index in [9.17, 15) is 9.59 Å². The molecule has 1 saturated heterocycles. The fraction of sp³-hybridized carbons (Fsp3) is 0.667. The number of nitrogens with zero attached hydrogens (tertiary/aromatic N) is 5. The molecule has 0 radical (unpaired) electrons. The quantitative estimate of drug-likeness (QED) is 0.717. The van der Waals surface area contributed by atoms with Crippen molar-refractivity contribution in [1.29, 1.82) is 0 Å². The highest BCUT2D eigenvalue weighted by Gasteiger charge is 2.27. The highest BCUT2D eigenvalue weighted by molar-refractivity contribution is 5.95. The largest absolute Gasteiger partial charge is 0.349 e. The number of carbonyl (C=O) groups excluding carboxylic acids is 2. The van der Waals surface area contributed by atoms with Crippen LogP contribution in [0.25, 0.3) is 0 Å². The number of aryl methyl sites for hydroxylation is 2. The number of likely N-dealkylation sites (tertiary alicyclic amines) is 1. The lowest BCUT2D eigenvalue weighted by Crippen LogP contribution is -2.39. The van der Waals surface area contributed by atoms with Gasteiger partial charge >= 0.3 is 0 Å². The van der Waals surface area contributed by atoms with Crippen molar-refractivity contribution in [3.63, 3.8) is 0 Å². The lowest BCUT2D eigenvalue weighted by Gasteiger charge is -2.32. The second-order valence-corrected chi connectivity index (χ2v) is 9.58. The Bertz CT molecular complexity index is 934. The van der Waals surface area contributed by atoms with Crippen molar-refractivity contribution in [2.24, 2.45) is 13.0 Å². The molecule has 1 atom stereocenters. The second kappa shape index (κ2) is 9.88. The molecule has 2 fully saturated rings. The molecule has 0 spiro atoms. The van der Waals surface area contributed by atoms with E-state index in [0.29, 0.717) is 23.9 Å². The maximum atomic E-state index is 12.8. The Balaban J connectivity index is 1.29. The summed E-state index contributed by atoms with van der Waals surface area (Å²) >= 11 is 0. The Hall–Kier alpha value is -2.64. The summed E-state index contributed by atoms with van der Waals surface area (Å²) in [7, 11) is 1.88. The smallest absolute Gasteiger partial charge is 0.254 e. The zero-order chi connectivity index (χ0) is 22.7. The molecule has 174 valence electrons. The molecule has 8 nitrogen and oxygen atoms in total. The first-order chi connectivity index (χ1) is 15.4. The summed E-state index contributed by atoms with van der Waals surface area (Å²) in [5.74, 6) is 1.60. The molecule has 1 aliphatic heterocycles. The summed E-state index contributed by atoms with van der Waals surface area (Å²) in [5, 5.41) is 7.79. The molecule has 1 saturated carbocycles. The van der Waals surface area contributed by atoms with Crippen LogP contribution in [-0.2, 0) is 18.3 Å². The molecule has 4 rings (SSSR count). The van der Waals surface area contributed by atoms with Crippen LogP contribution in [0.1, 0.15) is 79.8 Å². The molecule has 2 aromatic rings. The summed E-state index contributed by atoms with van der Waals surface area (Å²) in [6.45, 7) is 5.58. The first-order valence-electron chi connectivity index (χ1n) is 12.0. The van der Waals surface area contributed by atoms with Crippen molar-refractivity contribution in [2.75, 3.05) is 13.1 Å². The summed E-state index contributed by atoms with van der Waals surface area (Å²) < 4.78 is 3.81. The van der Waals surface area contributed by atoms with E-state index in [1.165, 1.54) is 12.8 Å². The van der Waals surface area contributed by atoms with Crippen LogP contribution in [0.5, 0.6) is 0 Å². The van der Waals surface area contributed by atoms with Crippen molar-refractivity contribution in [3.8, 4) is 0 Å². The third-order valence-corrected chi connectivity index (χ3v) is 7.10. The number of imidazole rings is 1. The van der Waals surface area contributed by atoms with Crippen LogP contribution in [0.4, 0.5) is 0 Å². The molecule has 2 aliphatic rings. The third kappa shape index (κ3) is 5.22. The molecule has 8 heteroatoms. The second-order valence-electron chi connectivity index (χ2n) is 9.58. The van der Waals surface area contributed by atoms with Crippen molar-refractivity contribution >= 4 is 11.8 Å². The Morgan fingerprint density at radius 3 is 2.56 bits per heavy atom. The Kier molecular flexibility index (Phi) is 6.96. The van der Waals surface area contributed by atoms with Gasteiger partial charge in [-0.3, -0.25) is 14.3 Å². The van der Waals surface area contributed by atoms with E-state index in [2.05, 4.69) is 26.9 Å². The van der Waals surface area contributed by atoms with Crippen LogP contribution in [0.3, 0.4) is 0 Å². The standard InChI is InChI=1S/C24H36N6O2/c1-17(30-13-10-25-18(30)2)14-23(31)29-11-8-19(9-12-29)15-22-21(16-28(3)27-22)24(32)26-20-6-4-5-7-20/h10,13,16-17,19-20H,4-9,11-12,14-15H2,1-3H3,(H,26,32). The minimum absolute atomic E-state index is 0.0106. The number of carbonyl (C=O) groups is 2. The van der Waals surface area contributed by atoms with E-state index in [1.807, 2.05) is 31.3 Å². The van der Waals surface area contributed by atoms with Gasteiger partial charge in [0.15, 0.2) is 0 Å². The van der Waals surface area contributed by atoms with Crippen LogP contribution < -0.4 is 5.32 Å². The molecule has 0 aromatic carbocycles. The van der Waals surface area contributed by atoms with Crippen LogP contribution >= 0.6 is 0 Å². The molecule has 3 heterocycles. The predicted octanol–water partition coefficient (Wildman–Crippen LogP) is 3.03. The third-order valence-electron chi connectivity index (χ3n) is 7.10. The van der Waals surface area contributed by atoms with E-state index in [4.69, 9.17) is 0 Å². The Morgan fingerprint density at radius 2 is 1.91 bits per heavy atom. The molecule has 0 bridgehead atoms. The van der Waals surface area contributed by atoms with Gasteiger partial charge in [0.25, 0.3) is 5.91 Å². The van der Waals surface area contributed by atoms with Gasteiger partial charge in [-0.15, -0.1) is 0 Å². The molecule has 2 amide bonds. The zero-order valence-corrected chi connectivity index (χ0v) is 19.6. The van der Waals surface area contributed by atoms with E-state index >= 15 is 0 Å². The van der Waals surface area contributed by atoms with Gasteiger partial charge in [-0.2, -0.15) is 5.10 Å². The van der Waals surface area contributed by atoms with E-state index in [-0.39, 0.29) is 17.9 Å². The lowest BCUT2D eigenvalue weighted by atomic mass is 9.91. The first-order valence-corrected chi connectivity index (χ1v) is 12.0. The minimum Gasteiger partial charge on any atom is -0.349 e. The molecule has 2 aromatic heterocycles. The molecular weight excluding hydrogens is 404 g/mol. The number of piperidine rings is 1. The summed E-state index contributed by atoms with van der Waals surface area (Å²) in [6, 6.07) is 0.412. The van der Waals surface area contributed by atoms with Gasteiger partial charge in [0.1, 0.15) is 5.82 Å². The van der Waals surface area contributed by atoms with E-state index in [0.717, 1.165) is 56.7 Å². The SMILES string of the molecule is Cc1nccn1C(C)CC(=O)N1CCC(Cc2nn(C)cc2C(=O)NC2CCCC2)CC1. The number of rotatable bonds is 7. The van der Waals surface area contributed by atoms with Crippen molar-refractivity contribution in [3.05, 3.63) is 35.7 Å². The van der Waals surface area contributed by atoms with Crippen molar-refractivity contribution < 1.29 is 9.59 Å². The van der Waals surface area contributed by atoms with Crippen molar-refractivity contribution in [1.82, 2.24) is 29.5 Å². The van der Waals surface area contributed by atoms with Gasteiger partial charge < -0.3 is 14.8 Å². The average molecular weight is 441 g/mol. The van der Waals surface area contributed by atoms with Gasteiger partial charge in [0.2, 0.25) is 5.91 Å². The van der Waals surface area contributed by atoms with Crippen molar-refractivity contribution in [2.45, 2.75) is 77.3 Å². The first kappa shape index (κ1) is 22.6. The lowest BCUT2D eigenvalue weighted by molar-refractivity contribution is -0.133. The van der Waals surface area contributed by atoms with Crippen LogP contribution in [-0.4, -0.2) is 55.2 Å². The monoisotopic (exact) mass is 440 g/mol. The minimum atomic E-state index is 0.0106. The molecular formula is C24H36N6O2. The van der Waals surface area contributed by atoms with Crippen LogP contribution in [0.2, 0.25) is 0 Å². The van der Waals surface area contributed by atoms with Crippen LogP contribution in [0.15, 0.2) is 18.6 Å². The Labute approximate surface area is 190 Å². The maximum absolute atomic E-state index is 12.8.